The lowest BCUT2D eigenvalue weighted by Crippen LogP contribution is -2.31. The number of fused-ring (bicyclic) bond motifs is 4. The van der Waals surface area contributed by atoms with E-state index in [1.54, 1.807) is 0 Å². The number of rotatable bonds is 0. The Hall–Kier alpha value is -1.12. The van der Waals surface area contributed by atoms with Gasteiger partial charge in [0.1, 0.15) is 0 Å². The van der Waals surface area contributed by atoms with Crippen LogP contribution in [0.3, 0.4) is 0 Å². The highest BCUT2D eigenvalue weighted by molar-refractivity contribution is 5.43. The lowest BCUT2D eigenvalue weighted by atomic mass is 9.78. The van der Waals surface area contributed by atoms with Crippen LogP contribution in [0.2, 0.25) is 0 Å². The summed E-state index contributed by atoms with van der Waals surface area (Å²) < 4.78 is 0. The molecule has 72 valence electrons. The summed E-state index contributed by atoms with van der Waals surface area (Å²) in [4.78, 5) is 0. The summed E-state index contributed by atoms with van der Waals surface area (Å²) in [6.07, 6.45) is 2.95. The maximum absolute atomic E-state index is 10.0. The first-order valence-corrected chi connectivity index (χ1v) is 4.92. The molecule has 2 bridgehead atoms. The zero-order valence-electron chi connectivity index (χ0n) is 7.67. The molecule has 4 atom stereocenters. The smallest absolute Gasteiger partial charge is 0.0880 e. The molecule has 0 aromatic heterocycles. The zero-order valence-corrected chi connectivity index (χ0v) is 7.67. The van der Waals surface area contributed by atoms with Crippen LogP contribution in [0.4, 0.5) is 0 Å². The second-order valence-corrected chi connectivity index (χ2v) is 4.05. The number of benzene rings is 1. The van der Waals surface area contributed by atoms with Crippen molar-refractivity contribution in [2.45, 2.75) is 18.1 Å². The van der Waals surface area contributed by atoms with Crippen molar-refractivity contribution in [2.75, 3.05) is 0 Å². The summed E-state index contributed by atoms with van der Waals surface area (Å²) in [6.45, 7) is 0. The second kappa shape index (κ2) is 2.69. The summed E-state index contributed by atoms with van der Waals surface area (Å²) in [5, 5.41) is 19.9. The van der Waals surface area contributed by atoms with Gasteiger partial charge in [0, 0.05) is 11.8 Å². The minimum atomic E-state index is -0.545. The van der Waals surface area contributed by atoms with Crippen molar-refractivity contribution in [3.8, 4) is 0 Å². The monoisotopic (exact) mass is 188 g/mol. The van der Waals surface area contributed by atoms with E-state index in [9.17, 15) is 10.2 Å². The van der Waals surface area contributed by atoms with E-state index in [1.165, 1.54) is 0 Å². The molecule has 1 aromatic carbocycles. The van der Waals surface area contributed by atoms with Gasteiger partial charge in [-0.05, 0) is 11.1 Å². The summed E-state index contributed by atoms with van der Waals surface area (Å²) >= 11 is 0. The fraction of sp³-hybridized carbons (Fsp3) is 0.333. The molecule has 0 aliphatic heterocycles. The molecule has 2 N–H and O–H groups in total. The molecule has 4 unspecified atom stereocenters. The van der Waals surface area contributed by atoms with Gasteiger partial charge in [-0.15, -0.1) is 0 Å². The summed E-state index contributed by atoms with van der Waals surface area (Å²) in [5.41, 5.74) is 2.04. The van der Waals surface area contributed by atoms with Gasteiger partial charge in [0.05, 0.1) is 12.2 Å². The first kappa shape index (κ1) is 8.21. The van der Waals surface area contributed by atoms with Gasteiger partial charge in [0.15, 0.2) is 0 Å². The molecular formula is C12H12O2. The van der Waals surface area contributed by atoms with Crippen molar-refractivity contribution in [3.05, 3.63) is 47.5 Å². The van der Waals surface area contributed by atoms with Gasteiger partial charge in [-0.3, -0.25) is 0 Å². The Balaban J connectivity index is 2.21. The molecule has 0 saturated carbocycles. The maximum Gasteiger partial charge on any atom is 0.0880 e. The lowest BCUT2D eigenvalue weighted by Gasteiger charge is -2.32. The molecule has 2 aliphatic carbocycles. The van der Waals surface area contributed by atoms with Gasteiger partial charge in [-0.2, -0.15) is 0 Å². The molecular weight excluding hydrogens is 176 g/mol. The lowest BCUT2D eigenvalue weighted by molar-refractivity contribution is 0.0251. The van der Waals surface area contributed by atoms with Gasteiger partial charge >= 0.3 is 0 Å². The first-order valence-electron chi connectivity index (χ1n) is 4.92. The molecule has 0 fully saturated rings. The third kappa shape index (κ3) is 0.873. The Morgan fingerprint density at radius 2 is 1.64 bits per heavy atom. The highest BCUT2D eigenvalue weighted by atomic mass is 16.3. The molecule has 0 heterocycles. The fourth-order valence-corrected chi connectivity index (χ4v) is 2.59. The Bertz CT molecular complexity index is 397. The standard InChI is InChI=1S/C12H12O2/c13-11-8-4-2-1-3-7(8)9-5-6-10(11)12(9)14/h1-6,9-14H. The van der Waals surface area contributed by atoms with Crippen LogP contribution in [0.1, 0.15) is 23.1 Å². The maximum atomic E-state index is 10.0. The van der Waals surface area contributed by atoms with Crippen LogP contribution in [0, 0.1) is 5.92 Å². The van der Waals surface area contributed by atoms with Crippen molar-refractivity contribution in [2.24, 2.45) is 5.92 Å². The molecule has 0 radical (unpaired) electrons. The number of hydrogen-bond acceptors (Lipinski definition) is 2. The molecule has 3 rings (SSSR count). The van der Waals surface area contributed by atoms with Crippen molar-refractivity contribution in [1.29, 1.82) is 0 Å². The number of aliphatic hydroxyl groups is 2. The number of aliphatic hydroxyl groups excluding tert-OH is 2. The van der Waals surface area contributed by atoms with E-state index < -0.39 is 12.2 Å². The molecule has 1 aromatic rings. The Morgan fingerprint density at radius 3 is 2.43 bits per heavy atom. The van der Waals surface area contributed by atoms with Gasteiger partial charge in [-0.1, -0.05) is 36.4 Å². The van der Waals surface area contributed by atoms with Gasteiger partial charge in [0.25, 0.3) is 0 Å². The van der Waals surface area contributed by atoms with Crippen LogP contribution < -0.4 is 0 Å². The zero-order chi connectivity index (χ0) is 9.71. The highest BCUT2D eigenvalue weighted by Crippen LogP contribution is 2.46. The van der Waals surface area contributed by atoms with E-state index in [0.29, 0.717) is 0 Å². The van der Waals surface area contributed by atoms with Crippen molar-refractivity contribution >= 4 is 0 Å². The average molecular weight is 188 g/mol. The minimum absolute atomic E-state index is 0.0830. The van der Waals surface area contributed by atoms with Crippen LogP contribution in [0.25, 0.3) is 0 Å². The van der Waals surface area contributed by atoms with Crippen LogP contribution in [-0.4, -0.2) is 16.3 Å². The first-order chi connectivity index (χ1) is 6.79. The van der Waals surface area contributed by atoms with E-state index in [1.807, 2.05) is 36.4 Å². The van der Waals surface area contributed by atoms with Crippen LogP contribution in [0.15, 0.2) is 36.4 Å². The molecule has 2 nitrogen and oxygen atoms in total. The Morgan fingerprint density at radius 1 is 0.929 bits per heavy atom. The molecule has 0 amide bonds. The van der Waals surface area contributed by atoms with E-state index in [4.69, 9.17) is 0 Å². The summed E-state index contributed by atoms with van der Waals surface area (Å²) in [7, 11) is 0. The highest BCUT2D eigenvalue weighted by Gasteiger charge is 2.42. The molecule has 2 heteroatoms. The minimum Gasteiger partial charge on any atom is -0.391 e. The van der Waals surface area contributed by atoms with Crippen molar-refractivity contribution < 1.29 is 10.2 Å². The molecule has 2 aliphatic rings. The van der Waals surface area contributed by atoms with E-state index >= 15 is 0 Å². The predicted octanol–water partition coefficient (Wildman–Crippen LogP) is 1.36. The van der Waals surface area contributed by atoms with Gasteiger partial charge < -0.3 is 10.2 Å². The van der Waals surface area contributed by atoms with Crippen LogP contribution in [-0.2, 0) is 0 Å². The third-order valence-corrected chi connectivity index (χ3v) is 3.34. The summed E-state index contributed by atoms with van der Waals surface area (Å²) in [6, 6.07) is 7.81. The van der Waals surface area contributed by atoms with Gasteiger partial charge in [-0.25, -0.2) is 0 Å². The third-order valence-electron chi connectivity index (χ3n) is 3.34. The Kier molecular flexibility index (Phi) is 1.58. The predicted molar refractivity (Wildman–Crippen MR) is 52.8 cm³/mol. The fourth-order valence-electron chi connectivity index (χ4n) is 2.59. The van der Waals surface area contributed by atoms with Gasteiger partial charge in [0.2, 0.25) is 0 Å². The normalized spacial score (nSPS) is 38.4. The largest absolute Gasteiger partial charge is 0.391 e. The van der Waals surface area contributed by atoms with E-state index in [0.717, 1.165) is 11.1 Å². The summed E-state index contributed by atoms with van der Waals surface area (Å²) in [5.74, 6) is -0.0329. The van der Waals surface area contributed by atoms with Crippen LogP contribution >= 0.6 is 0 Å². The second-order valence-electron chi connectivity index (χ2n) is 4.05. The number of hydrogen-bond donors (Lipinski definition) is 2. The quantitative estimate of drug-likeness (QED) is 0.603. The Labute approximate surface area is 82.5 Å². The average Bonchev–Trinajstić information content (AvgIpc) is 2.51. The van der Waals surface area contributed by atoms with Crippen LogP contribution in [0.5, 0.6) is 0 Å². The SMILES string of the molecule is OC1c2ccccc2C2C=CC1C2O. The van der Waals surface area contributed by atoms with Crippen molar-refractivity contribution in [3.63, 3.8) is 0 Å². The molecule has 0 spiro atoms. The molecule has 0 saturated heterocycles. The van der Waals surface area contributed by atoms with E-state index in [2.05, 4.69) is 0 Å². The topological polar surface area (TPSA) is 40.5 Å². The van der Waals surface area contributed by atoms with Crippen molar-refractivity contribution in [1.82, 2.24) is 0 Å². The molecule has 14 heavy (non-hydrogen) atoms. The van der Waals surface area contributed by atoms with E-state index in [-0.39, 0.29) is 11.8 Å².